The maximum Gasteiger partial charge on any atom is 0.292 e. The SMILES string of the molecule is CC.CC.COc1cc(C(N)=O)cc([N+](=O)[O-])c1Cl. The summed E-state index contributed by atoms with van der Waals surface area (Å²) in [6, 6.07) is 2.25. The number of carbonyl (C=O) groups excluding carboxylic acids is 1. The fraction of sp³-hybridized carbons (Fsp3) is 0.417. The van der Waals surface area contributed by atoms with Crippen LogP contribution < -0.4 is 10.5 Å². The van der Waals surface area contributed by atoms with Crippen LogP contribution in [0.25, 0.3) is 0 Å². The molecule has 0 aromatic heterocycles. The molecule has 6 nitrogen and oxygen atoms in total. The van der Waals surface area contributed by atoms with Gasteiger partial charge in [0, 0.05) is 11.6 Å². The zero-order valence-corrected chi connectivity index (χ0v) is 12.4. The van der Waals surface area contributed by atoms with Gasteiger partial charge in [0.15, 0.2) is 5.02 Å². The van der Waals surface area contributed by atoms with E-state index in [0.29, 0.717) is 0 Å². The number of primary amides is 1. The van der Waals surface area contributed by atoms with Crippen molar-refractivity contribution in [2.24, 2.45) is 5.73 Å². The Kier molecular flexibility index (Phi) is 10.4. The first-order chi connectivity index (χ1) is 8.97. The van der Waals surface area contributed by atoms with E-state index in [1.807, 2.05) is 27.7 Å². The predicted octanol–water partition coefficient (Wildman–Crippen LogP) is 3.41. The minimum absolute atomic E-state index is 0.0250. The van der Waals surface area contributed by atoms with Gasteiger partial charge in [-0.15, -0.1) is 0 Å². The molecule has 19 heavy (non-hydrogen) atoms. The summed E-state index contributed by atoms with van der Waals surface area (Å²) in [7, 11) is 1.29. The van der Waals surface area contributed by atoms with Gasteiger partial charge in [-0.3, -0.25) is 14.9 Å². The molecule has 7 heteroatoms. The topological polar surface area (TPSA) is 95.5 Å². The summed E-state index contributed by atoms with van der Waals surface area (Å²) in [6.45, 7) is 8.00. The molecule has 0 spiro atoms. The van der Waals surface area contributed by atoms with E-state index in [-0.39, 0.29) is 16.3 Å². The number of nitro benzene ring substituents is 1. The van der Waals surface area contributed by atoms with Crippen LogP contribution in [0, 0.1) is 10.1 Å². The Hall–Kier alpha value is -1.82. The van der Waals surface area contributed by atoms with Crippen molar-refractivity contribution in [3.05, 3.63) is 32.8 Å². The van der Waals surface area contributed by atoms with Gasteiger partial charge in [-0.1, -0.05) is 39.3 Å². The maximum atomic E-state index is 10.9. The number of hydrogen-bond donors (Lipinski definition) is 1. The molecule has 0 aliphatic heterocycles. The van der Waals surface area contributed by atoms with Crippen molar-refractivity contribution in [3.63, 3.8) is 0 Å². The number of hydrogen-bond acceptors (Lipinski definition) is 4. The number of methoxy groups -OCH3 is 1. The van der Waals surface area contributed by atoms with E-state index < -0.39 is 16.5 Å². The Morgan fingerprint density at radius 2 is 1.79 bits per heavy atom. The van der Waals surface area contributed by atoms with E-state index in [1.54, 1.807) is 0 Å². The minimum Gasteiger partial charge on any atom is -0.495 e. The highest BCUT2D eigenvalue weighted by molar-refractivity contribution is 6.34. The molecule has 0 atom stereocenters. The number of halogens is 1. The van der Waals surface area contributed by atoms with Crippen molar-refractivity contribution < 1.29 is 14.5 Å². The zero-order valence-electron chi connectivity index (χ0n) is 11.7. The average Bonchev–Trinajstić information content (AvgIpc) is 2.42. The van der Waals surface area contributed by atoms with Crippen LogP contribution >= 0.6 is 11.6 Å². The van der Waals surface area contributed by atoms with E-state index in [1.165, 1.54) is 13.2 Å². The fourth-order valence-corrected chi connectivity index (χ4v) is 1.26. The summed E-state index contributed by atoms with van der Waals surface area (Å²) in [4.78, 5) is 20.7. The van der Waals surface area contributed by atoms with Crippen molar-refractivity contribution in [2.75, 3.05) is 7.11 Å². The Morgan fingerprint density at radius 3 is 2.11 bits per heavy atom. The summed E-state index contributed by atoms with van der Waals surface area (Å²) in [5.41, 5.74) is 4.56. The second-order valence-corrected chi connectivity index (χ2v) is 3.01. The molecule has 2 N–H and O–H groups in total. The van der Waals surface area contributed by atoms with Crippen LogP contribution in [0.15, 0.2) is 12.1 Å². The van der Waals surface area contributed by atoms with Crippen LogP contribution in [-0.2, 0) is 0 Å². The lowest BCUT2D eigenvalue weighted by Gasteiger charge is -2.05. The van der Waals surface area contributed by atoms with E-state index in [2.05, 4.69) is 0 Å². The molecule has 0 aliphatic carbocycles. The third-order valence-electron chi connectivity index (χ3n) is 1.72. The monoisotopic (exact) mass is 290 g/mol. The molecule has 1 aromatic carbocycles. The highest BCUT2D eigenvalue weighted by Crippen LogP contribution is 2.34. The zero-order chi connectivity index (χ0) is 15.6. The lowest BCUT2D eigenvalue weighted by Crippen LogP contribution is -2.11. The highest BCUT2D eigenvalue weighted by atomic mass is 35.5. The van der Waals surface area contributed by atoms with Gasteiger partial charge in [-0.05, 0) is 6.07 Å². The number of nitrogens with two attached hydrogens (primary N) is 1. The Bertz CT molecular complexity index is 436. The van der Waals surface area contributed by atoms with E-state index in [9.17, 15) is 14.9 Å². The maximum absolute atomic E-state index is 10.9. The first-order valence-electron chi connectivity index (χ1n) is 5.79. The molecule has 0 unspecified atom stereocenters. The van der Waals surface area contributed by atoms with Crippen molar-refractivity contribution >= 4 is 23.2 Å². The quantitative estimate of drug-likeness (QED) is 0.681. The van der Waals surface area contributed by atoms with E-state index >= 15 is 0 Å². The molecule has 1 aromatic rings. The van der Waals surface area contributed by atoms with Gasteiger partial charge in [0.05, 0.1) is 12.0 Å². The predicted molar refractivity (Wildman–Crippen MR) is 75.9 cm³/mol. The van der Waals surface area contributed by atoms with Gasteiger partial charge < -0.3 is 10.5 Å². The molecular weight excluding hydrogens is 272 g/mol. The van der Waals surface area contributed by atoms with Crippen molar-refractivity contribution in [1.82, 2.24) is 0 Å². The van der Waals surface area contributed by atoms with Gasteiger partial charge >= 0.3 is 0 Å². The second kappa shape index (κ2) is 10.1. The molecule has 0 radical (unpaired) electrons. The second-order valence-electron chi connectivity index (χ2n) is 2.63. The number of nitrogens with zero attached hydrogens (tertiary/aromatic N) is 1. The van der Waals surface area contributed by atoms with Gasteiger partial charge in [0.1, 0.15) is 5.75 Å². The van der Waals surface area contributed by atoms with Crippen LogP contribution in [0.3, 0.4) is 0 Å². The van der Waals surface area contributed by atoms with Gasteiger partial charge in [-0.2, -0.15) is 0 Å². The van der Waals surface area contributed by atoms with E-state index in [0.717, 1.165) is 6.07 Å². The molecule has 1 amide bonds. The summed E-state index contributed by atoms with van der Waals surface area (Å²) < 4.78 is 4.78. The van der Waals surface area contributed by atoms with Crippen LogP contribution in [0.2, 0.25) is 5.02 Å². The lowest BCUT2D eigenvalue weighted by molar-refractivity contribution is -0.384. The molecule has 108 valence electrons. The first-order valence-corrected chi connectivity index (χ1v) is 6.17. The summed E-state index contributed by atoms with van der Waals surface area (Å²) in [5, 5.41) is 10.4. The number of carbonyl (C=O) groups is 1. The van der Waals surface area contributed by atoms with E-state index in [4.69, 9.17) is 22.1 Å². The smallest absolute Gasteiger partial charge is 0.292 e. The highest BCUT2D eigenvalue weighted by Gasteiger charge is 2.20. The number of ether oxygens (including phenoxy) is 1. The minimum atomic E-state index is -0.784. The fourth-order valence-electron chi connectivity index (χ4n) is 1.01. The number of rotatable bonds is 3. The Morgan fingerprint density at radius 1 is 1.32 bits per heavy atom. The van der Waals surface area contributed by atoms with Gasteiger partial charge in [0.25, 0.3) is 5.69 Å². The number of amides is 1. The molecule has 1 rings (SSSR count). The normalized spacial score (nSPS) is 8.32. The summed E-state index contributed by atoms with van der Waals surface area (Å²) in [6.07, 6.45) is 0. The van der Waals surface area contributed by atoms with Crippen molar-refractivity contribution in [3.8, 4) is 5.75 Å². The third kappa shape index (κ3) is 5.56. The lowest BCUT2D eigenvalue weighted by atomic mass is 10.2. The average molecular weight is 291 g/mol. The van der Waals surface area contributed by atoms with Crippen molar-refractivity contribution in [1.29, 1.82) is 0 Å². The molecule has 0 saturated heterocycles. The molecule has 0 fully saturated rings. The van der Waals surface area contributed by atoms with Crippen LogP contribution in [0.1, 0.15) is 38.1 Å². The van der Waals surface area contributed by atoms with Gasteiger partial charge in [-0.25, -0.2) is 0 Å². The molecule has 0 saturated carbocycles. The largest absolute Gasteiger partial charge is 0.495 e. The molecule has 0 heterocycles. The summed E-state index contributed by atoms with van der Waals surface area (Å²) in [5.74, 6) is -0.743. The molecule has 0 aliphatic rings. The number of benzene rings is 1. The third-order valence-corrected chi connectivity index (χ3v) is 2.10. The first kappa shape index (κ1) is 19.5. The van der Waals surface area contributed by atoms with Crippen LogP contribution in [0.4, 0.5) is 5.69 Å². The van der Waals surface area contributed by atoms with Crippen LogP contribution in [-0.4, -0.2) is 17.9 Å². The van der Waals surface area contributed by atoms with Gasteiger partial charge in [0.2, 0.25) is 5.91 Å². The Balaban J connectivity index is 0. The summed E-state index contributed by atoms with van der Waals surface area (Å²) >= 11 is 5.66. The van der Waals surface area contributed by atoms with Crippen molar-refractivity contribution in [2.45, 2.75) is 27.7 Å². The molecular formula is C12H19ClN2O4. The Labute approximate surface area is 117 Å². The standard InChI is InChI=1S/C8H7ClN2O4.2C2H6/c1-15-6-3-4(8(10)12)2-5(7(6)9)11(13)14;2*1-2/h2-3H,1H3,(H2,10,12);2*1-2H3. The number of nitro groups is 1. The molecule has 0 bridgehead atoms. The van der Waals surface area contributed by atoms with Crippen LogP contribution in [0.5, 0.6) is 5.75 Å².